The van der Waals surface area contributed by atoms with Crippen LogP contribution in [0.1, 0.15) is 34.8 Å². The van der Waals surface area contributed by atoms with Gasteiger partial charge >= 0.3 is 12.1 Å². The van der Waals surface area contributed by atoms with Crippen LogP contribution in [0, 0.1) is 0 Å². The quantitative estimate of drug-likeness (QED) is 0.648. The first-order chi connectivity index (χ1) is 12.6. The molecule has 144 valence electrons. The van der Waals surface area contributed by atoms with Crippen LogP contribution in [0.15, 0.2) is 40.9 Å². The van der Waals surface area contributed by atoms with Gasteiger partial charge in [0.25, 0.3) is 0 Å². The molecule has 0 aliphatic carbocycles. The minimum atomic E-state index is -4.60. The van der Waals surface area contributed by atoms with E-state index in [1.54, 1.807) is 6.92 Å². The van der Waals surface area contributed by atoms with Gasteiger partial charge < -0.3 is 15.2 Å². The number of aromatic carboxylic acids is 1. The van der Waals surface area contributed by atoms with Gasteiger partial charge in [-0.1, -0.05) is 28.9 Å². The molecule has 0 aromatic heterocycles. The minimum absolute atomic E-state index is 0.109. The van der Waals surface area contributed by atoms with Crippen LogP contribution in [-0.4, -0.2) is 17.0 Å². The summed E-state index contributed by atoms with van der Waals surface area (Å²) in [5.74, 6) is -2.00. The second-order valence-electron chi connectivity index (χ2n) is 5.51. The molecular formula is C18H15BrF3NO4. The smallest absolute Gasteiger partial charge is 0.420 e. The Morgan fingerprint density at radius 3 is 2.48 bits per heavy atom. The van der Waals surface area contributed by atoms with Crippen LogP contribution < -0.4 is 10.1 Å². The van der Waals surface area contributed by atoms with Crippen LogP contribution in [-0.2, 0) is 17.6 Å². The molecule has 1 amide bonds. The molecule has 0 heterocycles. The summed E-state index contributed by atoms with van der Waals surface area (Å²) in [6.07, 6.45) is -4.42. The average molecular weight is 446 g/mol. The molecule has 2 N–H and O–H groups in total. The Kier molecular flexibility index (Phi) is 6.48. The van der Waals surface area contributed by atoms with Gasteiger partial charge in [0.05, 0.1) is 16.8 Å². The standard InChI is InChI=1S/C18H15BrF3NO4/c1-2-16(24)23-14-5-3-10(7-12(14)17(25)26)9-27-15-6-4-11(19)8-13(15)18(20,21)22/h3-8H,2,9H2,1H3,(H,23,24)(H,25,26). The number of rotatable bonds is 6. The lowest BCUT2D eigenvalue weighted by Crippen LogP contribution is -2.14. The first-order valence-electron chi connectivity index (χ1n) is 7.77. The van der Waals surface area contributed by atoms with Crippen molar-refractivity contribution < 1.29 is 32.6 Å². The Labute approximate surface area is 161 Å². The van der Waals surface area contributed by atoms with Gasteiger partial charge in [-0.3, -0.25) is 4.79 Å². The average Bonchev–Trinajstić information content (AvgIpc) is 2.60. The van der Waals surface area contributed by atoms with Gasteiger partial charge in [0.1, 0.15) is 12.4 Å². The zero-order chi connectivity index (χ0) is 20.2. The van der Waals surface area contributed by atoms with Gasteiger partial charge in [-0.25, -0.2) is 4.79 Å². The van der Waals surface area contributed by atoms with Crippen LogP contribution in [0.4, 0.5) is 18.9 Å². The molecule has 0 spiro atoms. The number of ether oxygens (including phenoxy) is 1. The number of alkyl halides is 3. The van der Waals surface area contributed by atoms with E-state index in [1.165, 1.54) is 30.3 Å². The summed E-state index contributed by atoms with van der Waals surface area (Å²) in [4.78, 5) is 22.9. The maximum absolute atomic E-state index is 13.1. The zero-order valence-corrected chi connectivity index (χ0v) is 15.6. The van der Waals surface area contributed by atoms with Gasteiger partial charge in [-0.05, 0) is 35.9 Å². The normalized spacial score (nSPS) is 11.1. The number of amides is 1. The second-order valence-corrected chi connectivity index (χ2v) is 6.43. The highest BCUT2D eigenvalue weighted by molar-refractivity contribution is 9.10. The Hall–Kier alpha value is -2.55. The van der Waals surface area contributed by atoms with Gasteiger partial charge in [0, 0.05) is 10.9 Å². The molecule has 27 heavy (non-hydrogen) atoms. The predicted octanol–water partition coefficient (Wildman–Crippen LogP) is 5.09. The molecule has 0 aliphatic rings. The lowest BCUT2D eigenvalue weighted by Gasteiger charge is -2.15. The summed E-state index contributed by atoms with van der Waals surface area (Å²) < 4.78 is 44.9. The number of anilines is 1. The second kappa shape index (κ2) is 8.43. The molecule has 0 fully saturated rings. The lowest BCUT2D eigenvalue weighted by atomic mass is 10.1. The van der Waals surface area contributed by atoms with Crippen molar-refractivity contribution in [3.8, 4) is 5.75 Å². The fourth-order valence-electron chi connectivity index (χ4n) is 2.22. The van der Waals surface area contributed by atoms with Crippen molar-refractivity contribution in [2.45, 2.75) is 26.1 Å². The first-order valence-corrected chi connectivity index (χ1v) is 8.56. The van der Waals surface area contributed by atoms with Crippen molar-refractivity contribution in [2.24, 2.45) is 0 Å². The number of benzene rings is 2. The highest BCUT2D eigenvalue weighted by atomic mass is 79.9. The first kappa shape index (κ1) is 20.8. The third-order valence-electron chi connectivity index (χ3n) is 3.55. The number of hydrogen-bond donors (Lipinski definition) is 2. The summed E-state index contributed by atoms with van der Waals surface area (Å²) in [6, 6.07) is 7.60. The molecule has 0 unspecified atom stereocenters. The Morgan fingerprint density at radius 1 is 1.19 bits per heavy atom. The molecule has 2 rings (SSSR count). The van der Waals surface area contributed by atoms with E-state index in [-0.39, 0.29) is 40.4 Å². The van der Waals surface area contributed by atoms with Crippen LogP contribution >= 0.6 is 15.9 Å². The van der Waals surface area contributed by atoms with E-state index >= 15 is 0 Å². The highest BCUT2D eigenvalue weighted by Gasteiger charge is 2.34. The third-order valence-corrected chi connectivity index (χ3v) is 4.04. The lowest BCUT2D eigenvalue weighted by molar-refractivity contribution is -0.139. The summed E-state index contributed by atoms with van der Waals surface area (Å²) in [5, 5.41) is 11.8. The van der Waals surface area contributed by atoms with Crippen molar-refractivity contribution in [3.05, 3.63) is 57.6 Å². The van der Waals surface area contributed by atoms with E-state index in [9.17, 15) is 27.9 Å². The molecule has 2 aromatic rings. The van der Waals surface area contributed by atoms with Crippen molar-refractivity contribution >= 4 is 33.5 Å². The number of carbonyl (C=O) groups is 2. The number of halogens is 4. The van der Waals surface area contributed by atoms with Gasteiger partial charge in [-0.2, -0.15) is 13.2 Å². The van der Waals surface area contributed by atoms with E-state index in [0.717, 1.165) is 6.07 Å². The van der Waals surface area contributed by atoms with E-state index in [2.05, 4.69) is 21.2 Å². The number of carboxylic acids is 1. The maximum Gasteiger partial charge on any atom is 0.420 e. The number of carboxylic acid groups (broad SMARTS) is 1. The molecule has 9 heteroatoms. The fraction of sp³-hybridized carbons (Fsp3) is 0.222. The van der Waals surface area contributed by atoms with Crippen molar-refractivity contribution in [3.63, 3.8) is 0 Å². The van der Waals surface area contributed by atoms with Crippen molar-refractivity contribution in [1.29, 1.82) is 0 Å². The minimum Gasteiger partial charge on any atom is -0.488 e. The highest BCUT2D eigenvalue weighted by Crippen LogP contribution is 2.38. The van der Waals surface area contributed by atoms with E-state index in [4.69, 9.17) is 4.74 Å². The number of hydrogen-bond acceptors (Lipinski definition) is 3. The fourth-order valence-corrected chi connectivity index (χ4v) is 2.58. The predicted molar refractivity (Wildman–Crippen MR) is 95.8 cm³/mol. The SMILES string of the molecule is CCC(=O)Nc1ccc(COc2ccc(Br)cc2C(F)(F)F)cc1C(=O)O. The topological polar surface area (TPSA) is 75.6 Å². The molecule has 0 atom stereocenters. The Balaban J connectivity index is 2.25. The van der Waals surface area contributed by atoms with Crippen LogP contribution in [0.25, 0.3) is 0 Å². The van der Waals surface area contributed by atoms with Gasteiger partial charge in [0.15, 0.2) is 0 Å². The van der Waals surface area contributed by atoms with Crippen molar-refractivity contribution in [1.82, 2.24) is 0 Å². The zero-order valence-electron chi connectivity index (χ0n) is 14.1. The summed E-state index contributed by atoms with van der Waals surface area (Å²) in [5.41, 5.74) is -0.664. The number of carbonyl (C=O) groups excluding carboxylic acids is 1. The van der Waals surface area contributed by atoms with E-state index < -0.39 is 17.7 Å². The Morgan fingerprint density at radius 2 is 1.89 bits per heavy atom. The van der Waals surface area contributed by atoms with Crippen LogP contribution in [0.2, 0.25) is 0 Å². The molecule has 0 radical (unpaired) electrons. The molecule has 0 bridgehead atoms. The molecule has 5 nitrogen and oxygen atoms in total. The van der Waals surface area contributed by atoms with E-state index in [0.29, 0.717) is 5.56 Å². The van der Waals surface area contributed by atoms with Crippen molar-refractivity contribution in [2.75, 3.05) is 5.32 Å². The molecular weight excluding hydrogens is 431 g/mol. The van der Waals surface area contributed by atoms with Gasteiger partial charge in [-0.15, -0.1) is 0 Å². The monoisotopic (exact) mass is 445 g/mol. The van der Waals surface area contributed by atoms with Crippen LogP contribution in [0.3, 0.4) is 0 Å². The van der Waals surface area contributed by atoms with Crippen LogP contribution in [0.5, 0.6) is 5.75 Å². The van der Waals surface area contributed by atoms with Gasteiger partial charge in [0.2, 0.25) is 5.91 Å². The molecule has 0 saturated heterocycles. The molecule has 0 saturated carbocycles. The largest absolute Gasteiger partial charge is 0.488 e. The molecule has 2 aromatic carbocycles. The Bertz CT molecular complexity index is 868. The summed E-state index contributed by atoms with van der Waals surface area (Å²) in [7, 11) is 0. The molecule has 0 aliphatic heterocycles. The number of nitrogens with one attached hydrogen (secondary N) is 1. The third kappa shape index (κ3) is 5.46. The summed E-state index contributed by atoms with van der Waals surface area (Å²) >= 11 is 2.99. The maximum atomic E-state index is 13.1. The summed E-state index contributed by atoms with van der Waals surface area (Å²) in [6.45, 7) is 1.35. The van der Waals surface area contributed by atoms with E-state index in [1.807, 2.05) is 0 Å².